The quantitative estimate of drug-likeness (QED) is 0.411. The van der Waals surface area contributed by atoms with Crippen LogP contribution in [-0.4, -0.2) is 27.6 Å². The van der Waals surface area contributed by atoms with Crippen LogP contribution in [0, 0.1) is 11.6 Å². The van der Waals surface area contributed by atoms with Crippen molar-refractivity contribution in [3.8, 4) is 10.6 Å². The second-order valence-electron chi connectivity index (χ2n) is 6.69. The molecule has 3 aromatic rings. The average molecular weight is 496 g/mol. The largest absolute Gasteiger partial charge is 0.481 e. The molecule has 0 amide bonds. The van der Waals surface area contributed by atoms with Gasteiger partial charge in [-0.2, -0.15) is 0 Å². The van der Waals surface area contributed by atoms with Crippen molar-refractivity contribution < 1.29 is 18.7 Å². The molecule has 0 aliphatic heterocycles. The van der Waals surface area contributed by atoms with Crippen molar-refractivity contribution in [2.45, 2.75) is 32.6 Å². The number of aromatic nitrogens is 2. The number of rotatable bonds is 9. The van der Waals surface area contributed by atoms with Gasteiger partial charge >= 0.3 is 5.97 Å². The number of nitrogens with one attached hydrogen (secondary N) is 1. The smallest absolute Gasteiger partial charge is 0.308 e. The van der Waals surface area contributed by atoms with Crippen molar-refractivity contribution in [2.24, 2.45) is 0 Å². The predicted molar refractivity (Wildman–Crippen MR) is 117 cm³/mol. The number of hydrogen-bond donors (Lipinski definition) is 2. The van der Waals surface area contributed by atoms with E-state index in [-0.39, 0.29) is 18.4 Å². The summed E-state index contributed by atoms with van der Waals surface area (Å²) in [5.74, 6) is -1.53. The molecule has 158 valence electrons. The van der Waals surface area contributed by atoms with Gasteiger partial charge in [0.05, 0.1) is 17.0 Å². The summed E-state index contributed by atoms with van der Waals surface area (Å²) < 4.78 is 28.3. The molecule has 0 bridgehead atoms. The van der Waals surface area contributed by atoms with E-state index in [1.165, 1.54) is 29.8 Å². The van der Waals surface area contributed by atoms with Gasteiger partial charge in [0.2, 0.25) is 0 Å². The number of aryl methyl sites for hydroxylation is 1. The number of carbonyl (C=O) groups is 1. The zero-order valence-electron chi connectivity index (χ0n) is 16.2. The monoisotopic (exact) mass is 495 g/mol. The van der Waals surface area contributed by atoms with Crippen LogP contribution in [0.2, 0.25) is 0 Å². The van der Waals surface area contributed by atoms with Gasteiger partial charge < -0.3 is 10.4 Å². The first kappa shape index (κ1) is 22.3. The molecule has 0 aliphatic rings. The molecule has 2 aromatic heterocycles. The van der Waals surface area contributed by atoms with Crippen LogP contribution >= 0.6 is 27.3 Å². The van der Waals surface area contributed by atoms with Crippen LogP contribution in [0.25, 0.3) is 10.6 Å². The number of benzene rings is 1. The van der Waals surface area contributed by atoms with E-state index in [1.54, 1.807) is 6.07 Å². The Kier molecular flexibility index (Phi) is 7.49. The second kappa shape index (κ2) is 10.1. The lowest BCUT2D eigenvalue weighted by Crippen LogP contribution is -2.09. The lowest BCUT2D eigenvalue weighted by atomic mass is 10.1. The SMILES string of the molecule is CCCc1cc(-c2cc(NCCc3c(F)cc(Br)cc3F)ncn2)sc1CC(=O)O. The summed E-state index contributed by atoms with van der Waals surface area (Å²) in [4.78, 5) is 21.3. The number of halogens is 3. The van der Waals surface area contributed by atoms with E-state index in [0.29, 0.717) is 22.5 Å². The van der Waals surface area contributed by atoms with Gasteiger partial charge in [-0.05, 0) is 36.6 Å². The Morgan fingerprint density at radius 3 is 2.57 bits per heavy atom. The van der Waals surface area contributed by atoms with E-state index in [2.05, 4.69) is 31.2 Å². The highest BCUT2D eigenvalue weighted by molar-refractivity contribution is 9.10. The second-order valence-corrected chi connectivity index (χ2v) is 8.75. The Labute approximate surface area is 185 Å². The van der Waals surface area contributed by atoms with Crippen LogP contribution in [0.3, 0.4) is 0 Å². The fourth-order valence-corrected chi connectivity index (χ4v) is 4.65. The minimum Gasteiger partial charge on any atom is -0.481 e. The summed E-state index contributed by atoms with van der Waals surface area (Å²) in [6.45, 7) is 2.34. The van der Waals surface area contributed by atoms with E-state index in [9.17, 15) is 13.6 Å². The Morgan fingerprint density at radius 1 is 1.17 bits per heavy atom. The normalized spacial score (nSPS) is 10.9. The fourth-order valence-electron chi connectivity index (χ4n) is 3.08. The van der Waals surface area contributed by atoms with Crippen LogP contribution in [-0.2, 0) is 24.1 Å². The van der Waals surface area contributed by atoms with Crippen molar-refractivity contribution in [2.75, 3.05) is 11.9 Å². The Bertz CT molecular complexity index is 1040. The maximum absolute atomic E-state index is 14.0. The molecular formula is C21H20BrF2N3O2S. The highest BCUT2D eigenvalue weighted by Crippen LogP contribution is 2.32. The van der Waals surface area contributed by atoms with Crippen LogP contribution in [0.15, 0.2) is 35.1 Å². The molecule has 0 radical (unpaired) electrons. The first-order valence-corrected chi connectivity index (χ1v) is 11.0. The molecule has 30 heavy (non-hydrogen) atoms. The molecule has 0 atom stereocenters. The highest BCUT2D eigenvalue weighted by Gasteiger charge is 2.15. The molecule has 2 heterocycles. The van der Waals surface area contributed by atoms with Gasteiger partial charge in [0, 0.05) is 27.5 Å². The zero-order chi connectivity index (χ0) is 21.7. The molecule has 0 saturated heterocycles. The van der Waals surface area contributed by atoms with Crippen LogP contribution in [0.5, 0.6) is 0 Å². The maximum Gasteiger partial charge on any atom is 0.308 e. The highest BCUT2D eigenvalue weighted by atomic mass is 79.9. The van der Waals surface area contributed by atoms with E-state index in [0.717, 1.165) is 28.2 Å². The number of thiophene rings is 1. The lowest BCUT2D eigenvalue weighted by Gasteiger charge is -2.08. The summed E-state index contributed by atoms with van der Waals surface area (Å²) in [7, 11) is 0. The minimum absolute atomic E-state index is 0.0134. The van der Waals surface area contributed by atoms with Crippen LogP contribution in [0.4, 0.5) is 14.6 Å². The number of hydrogen-bond acceptors (Lipinski definition) is 5. The Morgan fingerprint density at radius 2 is 1.90 bits per heavy atom. The first-order valence-electron chi connectivity index (χ1n) is 9.40. The number of aliphatic carboxylic acids is 1. The van der Waals surface area contributed by atoms with Gasteiger partial charge in [0.25, 0.3) is 0 Å². The number of carboxylic acids is 1. The predicted octanol–water partition coefficient (Wildman–Crippen LogP) is 5.48. The van der Waals surface area contributed by atoms with E-state index in [1.807, 2.05) is 13.0 Å². The minimum atomic E-state index is -0.863. The molecule has 0 fully saturated rings. The van der Waals surface area contributed by atoms with Crippen molar-refractivity contribution in [3.63, 3.8) is 0 Å². The molecule has 0 spiro atoms. The number of carboxylic acid groups (broad SMARTS) is 1. The summed E-state index contributed by atoms with van der Waals surface area (Å²) >= 11 is 4.48. The van der Waals surface area contributed by atoms with Gasteiger partial charge in [-0.25, -0.2) is 18.7 Å². The third-order valence-corrected chi connectivity index (χ3v) is 6.09. The molecule has 3 rings (SSSR count). The average Bonchev–Trinajstić information content (AvgIpc) is 3.06. The maximum atomic E-state index is 14.0. The molecule has 0 aliphatic carbocycles. The van der Waals surface area contributed by atoms with Crippen molar-refractivity contribution in [1.82, 2.24) is 9.97 Å². The van der Waals surface area contributed by atoms with Crippen molar-refractivity contribution >= 4 is 39.1 Å². The Hall–Kier alpha value is -2.39. The van der Waals surface area contributed by atoms with Gasteiger partial charge in [0.1, 0.15) is 23.8 Å². The van der Waals surface area contributed by atoms with Gasteiger partial charge in [-0.3, -0.25) is 4.79 Å². The topological polar surface area (TPSA) is 75.1 Å². The fraction of sp³-hybridized carbons (Fsp3) is 0.286. The Balaban J connectivity index is 1.73. The standard InChI is InChI=1S/C21H20BrF2N3O2S/c1-2-3-12-6-19(30-18(12)10-21(28)29)17-9-20(27-11-26-17)25-5-4-14-15(23)7-13(22)8-16(14)24/h6-9,11H,2-5,10H2,1H3,(H,28,29)(H,25,26,27). The summed E-state index contributed by atoms with van der Waals surface area (Å²) in [5, 5.41) is 12.2. The third-order valence-electron chi connectivity index (χ3n) is 4.43. The first-order chi connectivity index (χ1) is 14.4. The molecule has 0 saturated carbocycles. The van der Waals surface area contributed by atoms with Gasteiger partial charge in [0.15, 0.2) is 0 Å². The zero-order valence-corrected chi connectivity index (χ0v) is 18.6. The van der Waals surface area contributed by atoms with Crippen molar-refractivity contribution in [1.29, 1.82) is 0 Å². The van der Waals surface area contributed by atoms with E-state index >= 15 is 0 Å². The molecule has 9 heteroatoms. The third kappa shape index (κ3) is 5.60. The number of nitrogens with zero attached hydrogens (tertiary/aromatic N) is 2. The van der Waals surface area contributed by atoms with Gasteiger partial charge in [-0.15, -0.1) is 11.3 Å². The van der Waals surface area contributed by atoms with E-state index < -0.39 is 17.6 Å². The molecule has 1 aromatic carbocycles. The van der Waals surface area contributed by atoms with Crippen LogP contribution in [0.1, 0.15) is 29.3 Å². The summed E-state index contributed by atoms with van der Waals surface area (Å²) in [5.41, 5.74) is 1.71. The molecule has 0 unspecified atom stereocenters. The lowest BCUT2D eigenvalue weighted by molar-refractivity contribution is -0.136. The van der Waals surface area contributed by atoms with Gasteiger partial charge in [-0.1, -0.05) is 29.3 Å². The van der Waals surface area contributed by atoms with Crippen LogP contribution < -0.4 is 5.32 Å². The summed E-state index contributed by atoms with van der Waals surface area (Å²) in [6, 6.07) is 6.20. The van der Waals surface area contributed by atoms with Crippen molar-refractivity contribution in [3.05, 3.63) is 62.7 Å². The molecule has 5 nitrogen and oxygen atoms in total. The summed E-state index contributed by atoms with van der Waals surface area (Å²) in [6.07, 6.45) is 3.28. The molecule has 2 N–H and O–H groups in total. The van der Waals surface area contributed by atoms with E-state index in [4.69, 9.17) is 5.11 Å². The molecular weight excluding hydrogens is 476 g/mol. The number of anilines is 1.